The number of methoxy groups -OCH3 is 1. The largest absolute Gasteiger partial charge is 0.496 e. The lowest BCUT2D eigenvalue weighted by Gasteiger charge is -2.25. The topological polar surface area (TPSA) is 56.5 Å². The number of hydrogen-bond donors (Lipinski definition) is 1. The molecule has 0 saturated heterocycles. The van der Waals surface area contributed by atoms with Gasteiger partial charge in [-0.15, -0.1) is 0 Å². The van der Waals surface area contributed by atoms with Crippen LogP contribution in [-0.2, 0) is 6.54 Å². The van der Waals surface area contributed by atoms with Crippen molar-refractivity contribution in [2.75, 3.05) is 26.8 Å². The Bertz CT molecular complexity index is 452. The fourth-order valence-electron chi connectivity index (χ4n) is 1.98. The molecule has 110 valence electrons. The molecule has 4 heteroatoms. The van der Waals surface area contributed by atoms with Gasteiger partial charge in [-0.3, -0.25) is 4.90 Å². The molecule has 20 heavy (non-hydrogen) atoms. The van der Waals surface area contributed by atoms with Crippen LogP contribution in [-0.4, -0.2) is 36.8 Å². The molecule has 4 nitrogen and oxygen atoms in total. The smallest absolute Gasteiger partial charge is 0.123 e. The fourth-order valence-corrected chi connectivity index (χ4v) is 1.98. The van der Waals surface area contributed by atoms with Crippen molar-refractivity contribution < 1.29 is 9.84 Å². The van der Waals surface area contributed by atoms with Crippen LogP contribution in [0.15, 0.2) is 24.3 Å². The third kappa shape index (κ3) is 5.20. The second-order valence-corrected chi connectivity index (χ2v) is 5.56. The minimum absolute atomic E-state index is 0.113. The molecule has 1 rings (SSSR count). The molecule has 0 amide bonds. The fraction of sp³-hybridized carbons (Fsp3) is 0.562. The molecule has 0 heterocycles. The van der Waals surface area contributed by atoms with Crippen molar-refractivity contribution in [2.45, 2.75) is 26.8 Å². The first-order chi connectivity index (χ1) is 9.52. The first-order valence-corrected chi connectivity index (χ1v) is 6.89. The SMILES string of the molecule is COc1ccccc1CN(CCO)CCC(C)(C)C#N. The number of aliphatic hydroxyl groups is 1. The van der Waals surface area contributed by atoms with E-state index < -0.39 is 0 Å². The number of hydrogen-bond acceptors (Lipinski definition) is 4. The first kappa shape index (κ1) is 16.5. The summed E-state index contributed by atoms with van der Waals surface area (Å²) in [6.07, 6.45) is 0.776. The predicted molar refractivity (Wildman–Crippen MR) is 79.4 cm³/mol. The third-order valence-electron chi connectivity index (χ3n) is 3.36. The van der Waals surface area contributed by atoms with E-state index >= 15 is 0 Å². The maximum Gasteiger partial charge on any atom is 0.123 e. The van der Waals surface area contributed by atoms with E-state index in [1.165, 1.54) is 0 Å². The van der Waals surface area contributed by atoms with Gasteiger partial charge < -0.3 is 9.84 Å². The van der Waals surface area contributed by atoms with Gasteiger partial charge in [0, 0.05) is 25.2 Å². The molecule has 0 aromatic heterocycles. The zero-order valence-corrected chi connectivity index (χ0v) is 12.6. The van der Waals surface area contributed by atoms with Crippen molar-refractivity contribution >= 4 is 0 Å². The lowest BCUT2D eigenvalue weighted by atomic mass is 9.91. The number of benzene rings is 1. The summed E-state index contributed by atoms with van der Waals surface area (Å²) in [5.41, 5.74) is 0.757. The van der Waals surface area contributed by atoms with Gasteiger partial charge in [-0.25, -0.2) is 0 Å². The summed E-state index contributed by atoms with van der Waals surface area (Å²) >= 11 is 0. The van der Waals surface area contributed by atoms with E-state index in [9.17, 15) is 5.11 Å². The molecule has 0 radical (unpaired) electrons. The van der Waals surface area contributed by atoms with Crippen LogP contribution in [0, 0.1) is 16.7 Å². The van der Waals surface area contributed by atoms with Gasteiger partial charge in [0.15, 0.2) is 0 Å². The molecule has 0 spiro atoms. The summed E-state index contributed by atoms with van der Waals surface area (Å²) < 4.78 is 5.35. The van der Waals surface area contributed by atoms with E-state index in [0.717, 1.165) is 24.3 Å². The van der Waals surface area contributed by atoms with Gasteiger partial charge in [0.2, 0.25) is 0 Å². The Hall–Kier alpha value is -1.57. The zero-order valence-electron chi connectivity index (χ0n) is 12.6. The number of nitrogens with zero attached hydrogens (tertiary/aromatic N) is 2. The highest BCUT2D eigenvalue weighted by molar-refractivity contribution is 5.33. The van der Waals surface area contributed by atoms with Crippen molar-refractivity contribution in [3.05, 3.63) is 29.8 Å². The molecule has 1 aromatic rings. The Balaban J connectivity index is 2.70. The van der Waals surface area contributed by atoms with Crippen LogP contribution in [0.1, 0.15) is 25.8 Å². The maximum absolute atomic E-state index is 9.19. The average molecular weight is 276 g/mol. The minimum Gasteiger partial charge on any atom is -0.496 e. The van der Waals surface area contributed by atoms with Gasteiger partial charge in [-0.1, -0.05) is 18.2 Å². The van der Waals surface area contributed by atoms with Crippen LogP contribution in [0.5, 0.6) is 5.75 Å². The highest BCUT2D eigenvalue weighted by Gasteiger charge is 2.18. The van der Waals surface area contributed by atoms with Crippen molar-refractivity contribution in [2.24, 2.45) is 5.41 Å². The molecular weight excluding hydrogens is 252 g/mol. The number of rotatable bonds is 8. The summed E-state index contributed by atoms with van der Waals surface area (Å²) in [5, 5.41) is 18.3. The van der Waals surface area contributed by atoms with E-state index in [4.69, 9.17) is 10.00 Å². The maximum atomic E-state index is 9.19. The van der Waals surface area contributed by atoms with Crippen LogP contribution < -0.4 is 4.74 Å². The standard InChI is InChI=1S/C16H24N2O2/c1-16(2,13-17)8-9-18(10-11-19)12-14-6-4-5-7-15(14)20-3/h4-7,19H,8-12H2,1-3H3. The summed E-state index contributed by atoms with van der Waals surface area (Å²) in [6, 6.07) is 10.2. The molecule has 0 bridgehead atoms. The number of ether oxygens (including phenoxy) is 1. The Kier molecular flexibility index (Phi) is 6.50. The second kappa shape index (κ2) is 7.88. The first-order valence-electron chi connectivity index (χ1n) is 6.89. The molecule has 0 aliphatic rings. The van der Waals surface area contributed by atoms with Gasteiger partial charge >= 0.3 is 0 Å². The van der Waals surface area contributed by atoms with E-state index in [2.05, 4.69) is 11.0 Å². The Morgan fingerprint density at radius 3 is 2.60 bits per heavy atom. The van der Waals surface area contributed by atoms with Gasteiger partial charge in [-0.2, -0.15) is 5.26 Å². The number of nitriles is 1. The molecule has 0 aliphatic heterocycles. The summed E-state index contributed by atoms with van der Waals surface area (Å²) in [4.78, 5) is 2.15. The van der Waals surface area contributed by atoms with Gasteiger partial charge in [0.05, 0.1) is 25.2 Å². The Morgan fingerprint density at radius 2 is 2.00 bits per heavy atom. The molecule has 0 aliphatic carbocycles. The van der Waals surface area contributed by atoms with E-state index in [1.54, 1.807) is 7.11 Å². The minimum atomic E-state index is -0.339. The Labute approximate surface area is 121 Å². The zero-order chi connectivity index (χ0) is 15.0. The molecule has 1 aromatic carbocycles. The van der Waals surface area contributed by atoms with Crippen LogP contribution in [0.4, 0.5) is 0 Å². The van der Waals surface area contributed by atoms with E-state index in [0.29, 0.717) is 13.1 Å². The lowest BCUT2D eigenvalue weighted by molar-refractivity contribution is 0.175. The molecule has 0 atom stereocenters. The van der Waals surface area contributed by atoms with Crippen molar-refractivity contribution in [3.8, 4) is 11.8 Å². The van der Waals surface area contributed by atoms with E-state index in [1.807, 2.05) is 38.1 Å². The van der Waals surface area contributed by atoms with Crippen LogP contribution >= 0.6 is 0 Å². The van der Waals surface area contributed by atoms with Gasteiger partial charge in [-0.05, 0) is 26.3 Å². The quantitative estimate of drug-likeness (QED) is 0.792. The molecule has 0 unspecified atom stereocenters. The predicted octanol–water partition coefficient (Wildman–Crippen LogP) is 2.43. The number of para-hydroxylation sites is 1. The van der Waals surface area contributed by atoms with Crippen LogP contribution in [0.25, 0.3) is 0 Å². The highest BCUT2D eigenvalue weighted by Crippen LogP contribution is 2.22. The highest BCUT2D eigenvalue weighted by atomic mass is 16.5. The summed E-state index contributed by atoms with van der Waals surface area (Å²) in [6.45, 7) is 6.08. The van der Waals surface area contributed by atoms with Crippen molar-refractivity contribution in [1.29, 1.82) is 5.26 Å². The second-order valence-electron chi connectivity index (χ2n) is 5.56. The molecular formula is C16H24N2O2. The third-order valence-corrected chi connectivity index (χ3v) is 3.36. The van der Waals surface area contributed by atoms with Crippen molar-refractivity contribution in [3.63, 3.8) is 0 Å². The molecule has 1 N–H and O–H groups in total. The molecule has 0 fully saturated rings. The van der Waals surface area contributed by atoms with E-state index in [-0.39, 0.29) is 12.0 Å². The summed E-state index contributed by atoms with van der Waals surface area (Å²) in [5.74, 6) is 0.856. The average Bonchev–Trinajstić information content (AvgIpc) is 2.45. The van der Waals surface area contributed by atoms with Gasteiger partial charge in [0.25, 0.3) is 0 Å². The van der Waals surface area contributed by atoms with Crippen molar-refractivity contribution in [1.82, 2.24) is 4.90 Å². The lowest BCUT2D eigenvalue weighted by Crippen LogP contribution is -2.30. The molecule has 0 saturated carbocycles. The van der Waals surface area contributed by atoms with Crippen LogP contribution in [0.2, 0.25) is 0 Å². The number of aliphatic hydroxyl groups excluding tert-OH is 1. The van der Waals surface area contributed by atoms with Crippen LogP contribution in [0.3, 0.4) is 0 Å². The Morgan fingerprint density at radius 1 is 1.30 bits per heavy atom. The normalized spacial score (nSPS) is 11.4. The summed E-state index contributed by atoms with van der Waals surface area (Å²) in [7, 11) is 1.66. The monoisotopic (exact) mass is 276 g/mol. The van der Waals surface area contributed by atoms with Gasteiger partial charge in [0.1, 0.15) is 5.75 Å².